The number of aliphatic hydroxyl groups is 1. The average Bonchev–Trinajstić information content (AvgIpc) is 2.39. The van der Waals surface area contributed by atoms with E-state index >= 15 is 0 Å². The van der Waals surface area contributed by atoms with Crippen molar-refractivity contribution in [3.8, 4) is 0 Å². The lowest BCUT2D eigenvalue weighted by Crippen LogP contribution is -2.24. The van der Waals surface area contributed by atoms with Gasteiger partial charge in [0.2, 0.25) is 0 Å². The molecule has 0 aliphatic rings. The van der Waals surface area contributed by atoms with Crippen LogP contribution in [0, 0.1) is 0 Å². The van der Waals surface area contributed by atoms with Gasteiger partial charge in [-0.15, -0.1) is 0 Å². The summed E-state index contributed by atoms with van der Waals surface area (Å²) in [4.78, 5) is 0. The first kappa shape index (κ1) is 12.4. The lowest BCUT2D eigenvalue weighted by atomic mass is 10.2. The molecule has 17 heavy (non-hydrogen) atoms. The number of hydrogen-bond acceptors (Lipinski definition) is 1. The fourth-order valence-electron chi connectivity index (χ4n) is 1.97. The molecule has 84 valence electrons. The van der Waals surface area contributed by atoms with Crippen molar-refractivity contribution in [2.75, 3.05) is 6.66 Å². The van der Waals surface area contributed by atoms with E-state index < -0.39 is 7.14 Å². The summed E-state index contributed by atoms with van der Waals surface area (Å²) in [6.45, 7) is 2.12. The number of hydrogen-bond donors (Lipinski definition) is 1. The molecule has 0 bridgehead atoms. The lowest BCUT2D eigenvalue weighted by molar-refractivity contribution is 0.283. The van der Waals surface area contributed by atoms with Crippen LogP contribution in [-0.2, 0) is 6.61 Å². The van der Waals surface area contributed by atoms with E-state index in [0.29, 0.717) is 0 Å². The van der Waals surface area contributed by atoms with Crippen LogP contribution in [0.3, 0.4) is 0 Å². The third-order valence-electron chi connectivity index (χ3n) is 2.95. The maximum atomic E-state index is 9.39. The molecule has 0 heterocycles. The summed E-state index contributed by atoms with van der Waals surface area (Å²) in [6, 6.07) is 18.0. The maximum absolute atomic E-state index is 9.39. The van der Waals surface area contributed by atoms with Gasteiger partial charge in [-0.2, -0.15) is 0 Å². The van der Waals surface area contributed by atoms with E-state index in [9.17, 15) is 5.11 Å². The fraction of sp³-hybridized carbons (Fsp3) is 0.143. The number of aliphatic hydroxyl groups excluding tert-OH is 1. The molecule has 0 saturated carbocycles. The van der Waals surface area contributed by atoms with Crippen molar-refractivity contribution < 1.29 is 5.11 Å². The van der Waals surface area contributed by atoms with Crippen molar-refractivity contribution in [3.63, 3.8) is 0 Å². The van der Waals surface area contributed by atoms with Crippen LogP contribution in [0.2, 0.25) is 0 Å². The zero-order chi connectivity index (χ0) is 12.3. The SMILES string of the molecule is [B][P+](C)(c1ccccc1)c1ccccc1CO. The highest BCUT2D eigenvalue weighted by molar-refractivity contribution is 8.08. The van der Waals surface area contributed by atoms with Gasteiger partial charge in [0.1, 0.15) is 0 Å². The third-order valence-corrected chi connectivity index (χ3v) is 5.76. The Labute approximate surface area is 104 Å². The smallest absolute Gasteiger partial charge is 0.377 e. The molecular weight excluding hydrogens is 226 g/mol. The van der Waals surface area contributed by atoms with Crippen LogP contribution in [-0.4, -0.2) is 19.3 Å². The topological polar surface area (TPSA) is 20.2 Å². The van der Waals surface area contributed by atoms with Gasteiger partial charge >= 0.3 is 7.57 Å². The van der Waals surface area contributed by atoms with Crippen LogP contribution in [0.25, 0.3) is 0 Å². The summed E-state index contributed by atoms with van der Waals surface area (Å²) in [5, 5.41) is 11.6. The molecule has 0 spiro atoms. The van der Waals surface area contributed by atoms with Gasteiger partial charge in [0.15, 0.2) is 0 Å². The van der Waals surface area contributed by atoms with Crippen molar-refractivity contribution >= 4 is 25.3 Å². The first-order chi connectivity index (χ1) is 8.16. The first-order valence-electron chi connectivity index (χ1n) is 5.56. The van der Waals surface area contributed by atoms with Gasteiger partial charge in [0.05, 0.1) is 17.2 Å². The van der Waals surface area contributed by atoms with Crippen LogP contribution in [0.4, 0.5) is 0 Å². The third kappa shape index (κ3) is 2.43. The Hall–Kier alpha value is -1.11. The van der Waals surface area contributed by atoms with Crippen molar-refractivity contribution in [3.05, 3.63) is 60.2 Å². The van der Waals surface area contributed by atoms with Crippen molar-refractivity contribution in [1.82, 2.24) is 0 Å². The first-order valence-corrected chi connectivity index (χ1v) is 7.87. The van der Waals surface area contributed by atoms with Crippen LogP contribution >= 0.6 is 7.14 Å². The Morgan fingerprint density at radius 1 is 1.00 bits per heavy atom. The molecule has 2 rings (SSSR count). The zero-order valence-electron chi connectivity index (χ0n) is 9.88. The summed E-state index contributed by atoms with van der Waals surface area (Å²) < 4.78 is 0. The van der Waals surface area contributed by atoms with Gasteiger partial charge in [-0.25, -0.2) is 0 Å². The summed E-state index contributed by atoms with van der Waals surface area (Å²) in [6.07, 6.45) is 0. The Balaban J connectivity index is 2.51. The summed E-state index contributed by atoms with van der Waals surface area (Å²) in [5.74, 6) is 0. The van der Waals surface area contributed by atoms with Gasteiger partial charge in [-0.05, 0) is 18.2 Å². The molecule has 2 aromatic rings. The monoisotopic (exact) mass is 241 g/mol. The molecule has 0 fully saturated rings. The predicted molar refractivity (Wildman–Crippen MR) is 76.7 cm³/mol. The van der Waals surface area contributed by atoms with Crippen LogP contribution in [0.1, 0.15) is 5.56 Å². The van der Waals surface area contributed by atoms with E-state index in [4.69, 9.17) is 7.57 Å². The lowest BCUT2D eigenvalue weighted by Gasteiger charge is -2.20. The van der Waals surface area contributed by atoms with E-state index in [1.54, 1.807) is 0 Å². The highest BCUT2D eigenvalue weighted by atomic mass is 31.2. The second-order valence-corrected chi connectivity index (χ2v) is 7.35. The Kier molecular flexibility index (Phi) is 3.66. The van der Waals surface area contributed by atoms with E-state index in [2.05, 4.69) is 18.8 Å². The molecule has 0 aliphatic heterocycles. The summed E-state index contributed by atoms with van der Waals surface area (Å²) in [5.41, 5.74) is 0.926. The Bertz CT molecular complexity index is 497. The molecule has 3 heteroatoms. The molecule has 1 N–H and O–H groups in total. The van der Waals surface area contributed by atoms with Crippen LogP contribution in [0.15, 0.2) is 54.6 Å². The van der Waals surface area contributed by atoms with Crippen molar-refractivity contribution in [2.45, 2.75) is 6.61 Å². The molecule has 1 nitrogen and oxygen atoms in total. The molecule has 0 aromatic heterocycles. The molecule has 1 atom stereocenters. The Morgan fingerprint density at radius 2 is 1.59 bits per heavy atom. The number of benzene rings is 2. The fourth-order valence-corrected chi connectivity index (χ4v) is 4.18. The molecule has 0 aliphatic carbocycles. The minimum Gasteiger partial charge on any atom is -0.392 e. The molecule has 0 saturated heterocycles. The van der Waals surface area contributed by atoms with Gasteiger partial charge in [-0.3, -0.25) is 0 Å². The van der Waals surface area contributed by atoms with Gasteiger partial charge in [0.25, 0.3) is 0 Å². The van der Waals surface area contributed by atoms with Crippen LogP contribution in [0.5, 0.6) is 0 Å². The van der Waals surface area contributed by atoms with E-state index in [-0.39, 0.29) is 6.61 Å². The molecule has 1 unspecified atom stereocenters. The van der Waals surface area contributed by atoms with Crippen molar-refractivity contribution in [2.24, 2.45) is 0 Å². The molecule has 0 amide bonds. The van der Waals surface area contributed by atoms with Gasteiger partial charge < -0.3 is 5.11 Å². The zero-order valence-corrected chi connectivity index (χ0v) is 10.8. The maximum Gasteiger partial charge on any atom is 0.377 e. The molecule has 2 aromatic carbocycles. The number of rotatable bonds is 3. The van der Waals surface area contributed by atoms with Crippen molar-refractivity contribution in [1.29, 1.82) is 0 Å². The minimum absolute atomic E-state index is 0.0375. The second-order valence-electron chi connectivity index (χ2n) is 4.20. The quantitative estimate of drug-likeness (QED) is 0.642. The highest BCUT2D eigenvalue weighted by Gasteiger charge is 2.33. The highest BCUT2D eigenvalue weighted by Crippen LogP contribution is 2.47. The summed E-state index contributed by atoms with van der Waals surface area (Å²) >= 11 is 0. The summed E-state index contributed by atoms with van der Waals surface area (Å²) in [7, 11) is 4.67. The normalized spacial score (nSPS) is 14.2. The minimum atomic E-state index is -1.86. The van der Waals surface area contributed by atoms with E-state index in [0.717, 1.165) is 16.2 Å². The molecular formula is C14H15BOP+. The van der Waals surface area contributed by atoms with Crippen LogP contribution < -0.4 is 10.6 Å². The largest absolute Gasteiger partial charge is 0.392 e. The predicted octanol–water partition coefficient (Wildman–Crippen LogP) is 1.86. The standard InChI is InChI=1S/C14H15BOP/c1-17(15,13-8-3-2-4-9-13)14-10-6-5-7-12(14)11-16/h2-10,16H,11H2,1H3/q+1. The second kappa shape index (κ2) is 5.04. The van der Waals surface area contributed by atoms with Gasteiger partial charge in [-0.1, -0.05) is 36.4 Å². The van der Waals surface area contributed by atoms with E-state index in [1.165, 1.54) is 0 Å². The van der Waals surface area contributed by atoms with Gasteiger partial charge in [0, 0.05) is 19.4 Å². The average molecular weight is 241 g/mol. The van der Waals surface area contributed by atoms with E-state index in [1.807, 2.05) is 42.5 Å². The molecule has 2 radical (unpaired) electrons. The Morgan fingerprint density at radius 3 is 2.24 bits per heavy atom.